The van der Waals surface area contributed by atoms with Crippen molar-refractivity contribution in [2.75, 3.05) is 18.1 Å². The van der Waals surface area contributed by atoms with Gasteiger partial charge in [0.2, 0.25) is 11.7 Å². The molecule has 2 N–H and O–H groups in total. The number of ether oxygens (including phenoxy) is 1. The first-order chi connectivity index (χ1) is 15.2. The number of carbonyl (C=O) groups is 2. The van der Waals surface area contributed by atoms with Crippen LogP contribution in [0.25, 0.3) is 0 Å². The highest BCUT2D eigenvalue weighted by Gasteiger charge is 2.34. The van der Waals surface area contributed by atoms with Gasteiger partial charge in [0.15, 0.2) is 5.69 Å². The molecule has 0 aliphatic carbocycles. The van der Waals surface area contributed by atoms with Gasteiger partial charge in [-0.3, -0.25) is 19.0 Å². The van der Waals surface area contributed by atoms with Crippen LogP contribution in [-0.2, 0) is 28.2 Å². The van der Waals surface area contributed by atoms with Gasteiger partial charge in [0, 0.05) is 19.5 Å². The Labute approximate surface area is 183 Å². The second kappa shape index (κ2) is 8.34. The minimum absolute atomic E-state index is 0.0440. The molecule has 1 aromatic carbocycles. The fraction of sp³-hybridized carbons (Fsp3) is 0.455. The molecule has 0 unspecified atom stereocenters. The van der Waals surface area contributed by atoms with Gasteiger partial charge in [-0.15, -0.1) is 0 Å². The van der Waals surface area contributed by atoms with Crippen molar-refractivity contribution in [3.8, 4) is 5.75 Å². The van der Waals surface area contributed by atoms with Crippen LogP contribution in [0.3, 0.4) is 0 Å². The van der Waals surface area contributed by atoms with Gasteiger partial charge in [-0.2, -0.15) is 0 Å². The standard InChI is InChI=1S/C22H25FN4O5/c1-22(2)21-25-17(18(29)20(31)27(21)9-10-32-22)19(30)24-12-13-6-7-14(23)11-15(13)26-8-4-3-5-16(26)28/h6-7,11,29H,3-5,8-10,12H2,1-2H3,(H,24,30). The average Bonchev–Trinajstić information content (AvgIpc) is 2.75. The predicted molar refractivity (Wildman–Crippen MR) is 113 cm³/mol. The van der Waals surface area contributed by atoms with Crippen LogP contribution in [-0.4, -0.2) is 39.6 Å². The van der Waals surface area contributed by atoms with Crippen LogP contribution < -0.4 is 15.8 Å². The van der Waals surface area contributed by atoms with Gasteiger partial charge < -0.3 is 20.1 Å². The SMILES string of the molecule is CC1(C)OCCn2c1nc(C(=O)NCc1ccc(F)cc1N1CCCCC1=O)c(O)c2=O. The molecule has 2 aliphatic heterocycles. The number of halogens is 1. The molecule has 32 heavy (non-hydrogen) atoms. The molecule has 1 fully saturated rings. The number of benzene rings is 1. The van der Waals surface area contributed by atoms with E-state index in [9.17, 15) is 23.9 Å². The topological polar surface area (TPSA) is 114 Å². The Morgan fingerprint density at radius 2 is 2.06 bits per heavy atom. The molecular weight excluding hydrogens is 419 g/mol. The number of aromatic hydroxyl groups is 1. The smallest absolute Gasteiger partial charge is 0.296 e. The first-order valence-electron chi connectivity index (χ1n) is 10.5. The van der Waals surface area contributed by atoms with Gasteiger partial charge in [0.1, 0.15) is 17.2 Å². The fourth-order valence-corrected chi connectivity index (χ4v) is 4.08. The number of aromatic nitrogens is 2. The second-order valence-corrected chi connectivity index (χ2v) is 8.41. The molecule has 9 nitrogen and oxygen atoms in total. The minimum atomic E-state index is -0.904. The monoisotopic (exact) mass is 444 g/mol. The Morgan fingerprint density at radius 1 is 1.28 bits per heavy atom. The number of hydrogen-bond donors (Lipinski definition) is 2. The van der Waals surface area contributed by atoms with E-state index in [0.29, 0.717) is 24.2 Å². The van der Waals surface area contributed by atoms with Crippen molar-refractivity contribution in [3.63, 3.8) is 0 Å². The van der Waals surface area contributed by atoms with Gasteiger partial charge in [0.25, 0.3) is 11.5 Å². The van der Waals surface area contributed by atoms with Crippen molar-refractivity contribution in [1.29, 1.82) is 0 Å². The molecule has 3 heterocycles. The Balaban J connectivity index is 1.61. The van der Waals surface area contributed by atoms with E-state index >= 15 is 0 Å². The number of hydrogen-bond acceptors (Lipinski definition) is 6. The number of nitrogens with one attached hydrogen (secondary N) is 1. The van der Waals surface area contributed by atoms with Crippen LogP contribution in [0.2, 0.25) is 0 Å². The molecule has 0 bridgehead atoms. The molecule has 170 valence electrons. The Morgan fingerprint density at radius 3 is 2.81 bits per heavy atom. The number of piperidine rings is 1. The summed E-state index contributed by atoms with van der Waals surface area (Å²) >= 11 is 0. The zero-order valence-corrected chi connectivity index (χ0v) is 18.0. The number of amides is 2. The number of carbonyl (C=O) groups excluding carboxylic acids is 2. The van der Waals surface area contributed by atoms with Crippen LogP contribution in [0.5, 0.6) is 5.75 Å². The van der Waals surface area contributed by atoms with E-state index in [1.807, 2.05) is 0 Å². The Kier molecular flexibility index (Phi) is 5.72. The molecule has 0 spiro atoms. The first kappa shape index (κ1) is 21.9. The molecule has 1 saturated heterocycles. The van der Waals surface area contributed by atoms with E-state index in [-0.39, 0.29) is 31.4 Å². The maximum absolute atomic E-state index is 13.9. The minimum Gasteiger partial charge on any atom is -0.501 e. The van der Waals surface area contributed by atoms with Gasteiger partial charge in [-0.05, 0) is 44.4 Å². The fourth-order valence-electron chi connectivity index (χ4n) is 4.08. The maximum atomic E-state index is 13.9. The number of anilines is 1. The van der Waals surface area contributed by atoms with Crippen molar-refractivity contribution >= 4 is 17.5 Å². The summed E-state index contributed by atoms with van der Waals surface area (Å²) in [5.74, 6) is -1.84. The summed E-state index contributed by atoms with van der Waals surface area (Å²) in [5, 5.41) is 12.9. The highest BCUT2D eigenvalue weighted by Crippen LogP contribution is 2.28. The molecule has 2 aliphatic rings. The Hall–Kier alpha value is -3.27. The molecule has 10 heteroatoms. The van der Waals surface area contributed by atoms with E-state index < -0.39 is 34.3 Å². The van der Waals surface area contributed by atoms with E-state index in [0.717, 1.165) is 12.8 Å². The Bertz CT molecular complexity index is 1140. The lowest BCUT2D eigenvalue weighted by molar-refractivity contribution is -0.119. The van der Waals surface area contributed by atoms with Crippen LogP contribution in [0, 0.1) is 5.82 Å². The zero-order valence-electron chi connectivity index (χ0n) is 18.0. The van der Waals surface area contributed by atoms with Crippen molar-refractivity contribution in [2.24, 2.45) is 0 Å². The molecule has 4 rings (SSSR count). The molecule has 0 atom stereocenters. The maximum Gasteiger partial charge on any atom is 0.296 e. The molecule has 0 radical (unpaired) electrons. The normalized spacial score (nSPS) is 17.7. The summed E-state index contributed by atoms with van der Waals surface area (Å²) in [7, 11) is 0. The summed E-state index contributed by atoms with van der Waals surface area (Å²) < 4.78 is 20.9. The summed E-state index contributed by atoms with van der Waals surface area (Å²) in [6, 6.07) is 4.02. The lowest BCUT2D eigenvalue weighted by atomic mass is 10.1. The zero-order chi connectivity index (χ0) is 23.0. The number of rotatable bonds is 4. The average molecular weight is 444 g/mol. The van der Waals surface area contributed by atoms with Crippen molar-refractivity contribution < 1.29 is 23.8 Å². The number of nitrogens with zero attached hydrogens (tertiary/aromatic N) is 3. The highest BCUT2D eigenvalue weighted by atomic mass is 19.1. The molecule has 2 aromatic rings. The summed E-state index contributed by atoms with van der Waals surface area (Å²) in [6.45, 7) is 4.39. The first-order valence-corrected chi connectivity index (χ1v) is 10.5. The van der Waals surface area contributed by atoms with E-state index in [1.54, 1.807) is 13.8 Å². The van der Waals surface area contributed by atoms with Gasteiger partial charge >= 0.3 is 0 Å². The van der Waals surface area contributed by atoms with Crippen molar-refractivity contribution in [1.82, 2.24) is 14.9 Å². The third-order valence-electron chi connectivity index (χ3n) is 5.78. The van der Waals surface area contributed by atoms with E-state index in [1.165, 1.54) is 27.7 Å². The second-order valence-electron chi connectivity index (χ2n) is 8.41. The molecule has 1 aromatic heterocycles. The quantitative estimate of drug-likeness (QED) is 0.744. The highest BCUT2D eigenvalue weighted by molar-refractivity contribution is 5.96. The summed E-state index contributed by atoms with van der Waals surface area (Å²) in [6.07, 6.45) is 1.98. The van der Waals surface area contributed by atoms with Crippen molar-refractivity contribution in [3.05, 3.63) is 51.5 Å². The van der Waals surface area contributed by atoms with Gasteiger partial charge in [0.05, 0.1) is 18.8 Å². The van der Waals surface area contributed by atoms with Crippen LogP contribution in [0.1, 0.15) is 55.0 Å². The summed E-state index contributed by atoms with van der Waals surface area (Å²) in [4.78, 5) is 43.5. The summed E-state index contributed by atoms with van der Waals surface area (Å²) in [5.41, 5.74) is -1.09. The predicted octanol–water partition coefficient (Wildman–Crippen LogP) is 1.80. The lowest BCUT2D eigenvalue weighted by Crippen LogP contribution is -2.42. The van der Waals surface area contributed by atoms with Gasteiger partial charge in [-0.1, -0.05) is 6.07 Å². The third kappa shape index (κ3) is 3.97. The van der Waals surface area contributed by atoms with Gasteiger partial charge in [-0.25, -0.2) is 9.37 Å². The molecule has 0 saturated carbocycles. The van der Waals surface area contributed by atoms with E-state index in [2.05, 4.69) is 10.3 Å². The lowest BCUT2D eigenvalue weighted by Gasteiger charge is -2.32. The van der Waals surface area contributed by atoms with E-state index in [4.69, 9.17) is 4.74 Å². The largest absolute Gasteiger partial charge is 0.501 e. The molecule has 2 amide bonds. The van der Waals surface area contributed by atoms with Crippen molar-refractivity contribution in [2.45, 2.75) is 51.8 Å². The third-order valence-corrected chi connectivity index (χ3v) is 5.78. The van der Waals surface area contributed by atoms with Crippen LogP contribution >= 0.6 is 0 Å². The van der Waals surface area contributed by atoms with Crippen LogP contribution in [0.15, 0.2) is 23.0 Å². The number of fused-ring (bicyclic) bond motifs is 1. The molecular formula is C22H25FN4O5. The van der Waals surface area contributed by atoms with Crippen LogP contribution in [0.4, 0.5) is 10.1 Å².